The average molecular weight is 299 g/mol. The van der Waals surface area contributed by atoms with Crippen LogP contribution in [0.5, 0.6) is 0 Å². The maximum atomic E-state index is 11.7. The molecule has 2 amide bonds. The average Bonchev–Trinajstić information content (AvgIpc) is 2.92. The van der Waals surface area contributed by atoms with Crippen LogP contribution in [0.2, 0.25) is 0 Å². The topological polar surface area (TPSA) is 114 Å². The first-order chi connectivity index (χ1) is 10.1. The Bertz CT molecular complexity index is 460. The van der Waals surface area contributed by atoms with Crippen molar-refractivity contribution in [2.75, 3.05) is 13.7 Å². The van der Waals surface area contributed by atoms with E-state index in [0.29, 0.717) is 25.3 Å². The van der Waals surface area contributed by atoms with Gasteiger partial charge in [0.15, 0.2) is 0 Å². The highest BCUT2D eigenvalue weighted by Crippen LogP contribution is 2.03. The number of carbonyl (C=O) groups is 2. The van der Waals surface area contributed by atoms with E-state index in [0.717, 1.165) is 12.2 Å². The summed E-state index contributed by atoms with van der Waals surface area (Å²) in [6.45, 7) is 2.49. The van der Waals surface area contributed by atoms with Crippen molar-refractivity contribution in [1.29, 1.82) is 0 Å². The van der Waals surface area contributed by atoms with Gasteiger partial charge in [0.05, 0.1) is 12.7 Å². The number of amides is 2. The molecule has 1 atom stereocenters. The zero-order chi connectivity index (χ0) is 15.7. The van der Waals surface area contributed by atoms with Crippen LogP contribution in [-0.2, 0) is 22.5 Å². The molecular formula is C13H21N3O5. The standard InChI is InChI=1S/C13H21N3O5/c1-3-9-7-14-11(21-9)8-15-13(19)16-10(12(17)18)5-4-6-20-2/h7,10H,3-6,8H2,1-2H3,(H,17,18)(H2,15,16,19). The van der Waals surface area contributed by atoms with Crippen molar-refractivity contribution in [3.05, 3.63) is 17.8 Å². The first-order valence-corrected chi connectivity index (χ1v) is 6.76. The normalized spacial score (nSPS) is 11.9. The number of hydrogen-bond donors (Lipinski definition) is 3. The molecule has 1 aromatic rings. The van der Waals surface area contributed by atoms with Gasteiger partial charge in [0.2, 0.25) is 5.89 Å². The molecule has 1 unspecified atom stereocenters. The van der Waals surface area contributed by atoms with Crippen molar-refractivity contribution in [1.82, 2.24) is 15.6 Å². The number of urea groups is 1. The summed E-state index contributed by atoms with van der Waals surface area (Å²) in [6, 6.07) is -1.52. The number of methoxy groups -OCH3 is 1. The van der Waals surface area contributed by atoms with E-state index in [2.05, 4.69) is 15.6 Å². The Balaban J connectivity index is 2.37. The summed E-state index contributed by atoms with van der Waals surface area (Å²) in [5.41, 5.74) is 0. The quantitative estimate of drug-likeness (QED) is 0.584. The summed E-state index contributed by atoms with van der Waals surface area (Å²) in [7, 11) is 1.54. The van der Waals surface area contributed by atoms with Crippen LogP contribution < -0.4 is 10.6 Å². The molecule has 0 aliphatic carbocycles. The number of carboxylic acids is 1. The van der Waals surface area contributed by atoms with Gasteiger partial charge < -0.3 is 24.9 Å². The highest BCUT2D eigenvalue weighted by atomic mass is 16.5. The molecular weight excluding hydrogens is 278 g/mol. The Morgan fingerprint density at radius 2 is 2.29 bits per heavy atom. The van der Waals surface area contributed by atoms with Crippen LogP contribution in [0.3, 0.4) is 0 Å². The van der Waals surface area contributed by atoms with E-state index in [9.17, 15) is 9.59 Å². The minimum Gasteiger partial charge on any atom is -0.480 e. The first kappa shape index (κ1) is 17.0. The third kappa shape index (κ3) is 6.26. The molecule has 0 aliphatic rings. The molecule has 1 heterocycles. The van der Waals surface area contributed by atoms with E-state index < -0.39 is 18.0 Å². The minimum atomic E-state index is -1.08. The Hall–Kier alpha value is -2.09. The lowest BCUT2D eigenvalue weighted by Gasteiger charge is -2.14. The van der Waals surface area contributed by atoms with Crippen LogP contribution in [0, 0.1) is 0 Å². The molecule has 0 saturated carbocycles. The zero-order valence-electron chi connectivity index (χ0n) is 12.2. The van der Waals surface area contributed by atoms with Gasteiger partial charge in [-0.25, -0.2) is 14.6 Å². The number of aryl methyl sites for hydroxylation is 1. The lowest BCUT2D eigenvalue weighted by atomic mass is 10.1. The lowest BCUT2D eigenvalue weighted by Crippen LogP contribution is -2.45. The van der Waals surface area contributed by atoms with Gasteiger partial charge in [-0.15, -0.1) is 0 Å². The predicted octanol–water partition coefficient (Wildman–Crippen LogP) is 0.916. The number of carbonyl (C=O) groups excluding carboxylic acids is 1. The molecule has 3 N–H and O–H groups in total. The first-order valence-electron chi connectivity index (χ1n) is 6.76. The Kier molecular flexibility index (Phi) is 7.24. The second kappa shape index (κ2) is 8.96. The number of rotatable bonds is 9. The molecule has 21 heavy (non-hydrogen) atoms. The highest BCUT2D eigenvalue weighted by Gasteiger charge is 2.19. The van der Waals surface area contributed by atoms with Gasteiger partial charge in [0, 0.05) is 20.1 Å². The molecule has 0 radical (unpaired) electrons. The van der Waals surface area contributed by atoms with E-state index >= 15 is 0 Å². The number of nitrogens with one attached hydrogen (secondary N) is 2. The second-order valence-electron chi connectivity index (χ2n) is 4.43. The molecule has 0 aromatic carbocycles. The third-order valence-corrected chi connectivity index (χ3v) is 2.79. The maximum Gasteiger partial charge on any atom is 0.326 e. The van der Waals surface area contributed by atoms with Gasteiger partial charge in [-0.3, -0.25) is 0 Å². The Morgan fingerprint density at radius 1 is 1.52 bits per heavy atom. The molecule has 1 rings (SSSR count). The number of ether oxygens (including phenoxy) is 1. The number of aromatic nitrogens is 1. The van der Waals surface area contributed by atoms with E-state index in [-0.39, 0.29) is 6.54 Å². The summed E-state index contributed by atoms with van der Waals surface area (Å²) in [4.78, 5) is 26.7. The van der Waals surface area contributed by atoms with E-state index in [4.69, 9.17) is 14.3 Å². The summed E-state index contributed by atoms with van der Waals surface area (Å²) in [5, 5.41) is 13.9. The number of carboxylic acid groups (broad SMARTS) is 1. The predicted molar refractivity (Wildman–Crippen MR) is 73.8 cm³/mol. The number of hydrogen-bond acceptors (Lipinski definition) is 5. The SMILES string of the molecule is CCc1cnc(CNC(=O)NC(CCCOC)C(=O)O)o1. The Labute approximate surface area is 122 Å². The highest BCUT2D eigenvalue weighted by molar-refractivity contribution is 5.82. The molecule has 118 valence electrons. The Morgan fingerprint density at radius 3 is 2.86 bits per heavy atom. The van der Waals surface area contributed by atoms with Crippen LogP contribution in [0.4, 0.5) is 4.79 Å². The molecule has 8 nitrogen and oxygen atoms in total. The van der Waals surface area contributed by atoms with E-state index in [1.165, 1.54) is 7.11 Å². The minimum absolute atomic E-state index is 0.107. The van der Waals surface area contributed by atoms with Crippen LogP contribution in [0.1, 0.15) is 31.4 Å². The summed E-state index contributed by atoms with van der Waals surface area (Å²) in [6.07, 6.45) is 3.17. The van der Waals surface area contributed by atoms with Gasteiger partial charge in [-0.1, -0.05) is 6.92 Å². The van der Waals surface area contributed by atoms with Crippen molar-refractivity contribution in [2.45, 2.75) is 38.8 Å². The van der Waals surface area contributed by atoms with Gasteiger partial charge in [0.25, 0.3) is 0 Å². The molecule has 0 spiro atoms. The van der Waals surface area contributed by atoms with Crippen LogP contribution >= 0.6 is 0 Å². The molecule has 0 bridgehead atoms. The van der Waals surface area contributed by atoms with Crippen LogP contribution in [0.25, 0.3) is 0 Å². The smallest absolute Gasteiger partial charge is 0.326 e. The fourth-order valence-corrected chi connectivity index (χ4v) is 1.65. The van der Waals surface area contributed by atoms with Gasteiger partial charge in [-0.05, 0) is 12.8 Å². The monoisotopic (exact) mass is 299 g/mol. The van der Waals surface area contributed by atoms with Crippen molar-refractivity contribution in [2.24, 2.45) is 0 Å². The maximum absolute atomic E-state index is 11.7. The number of nitrogens with zero attached hydrogens (tertiary/aromatic N) is 1. The number of oxazole rings is 1. The third-order valence-electron chi connectivity index (χ3n) is 2.79. The molecule has 0 fully saturated rings. The molecule has 1 aromatic heterocycles. The van der Waals surface area contributed by atoms with Crippen molar-refractivity contribution in [3.63, 3.8) is 0 Å². The molecule has 8 heteroatoms. The summed E-state index contributed by atoms with van der Waals surface area (Å²) in [5.74, 6) is 0.0362. The largest absolute Gasteiger partial charge is 0.480 e. The van der Waals surface area contributed by atoms with Gasteiger partial charge in [0.1, 0.15) is 11.8 Å². The van der Waals surface area contributed by atoms with Crippen molar-refractivity contribution < 1.29 is 23.8 Å². The summed E-state index contributed by atoms with van der Waals surface area (Å²) < 4.78 is 10.2. The fourth-order valence-electron chi connectivity index (χ4n) is 1.65. The zero-order valence-corrected chi connectivity index (χ0v) is 12.2. The van der Waals surface area contributed by atoms with Crippen LogP contribution in [0.15, 0.2) is 10.6 Å². The van der Waals surface area contributed by atoms with Crippen molar-refractivity contribution >= 4 is 12.0 Å². The lowest BCUT2D eigenvalue weighted by molar-refractivity contribution is -0.139. The van der Waals surface area contributed by atoms with Crippen molar-refractivity contribution in [3.8, 4) is 0 Å². The molecule has 0 aliphatic heterocycles. The molecule has 0 saturated heterocycles. The van der Waals surface area contributed by atoms with Gasteiger partial charge in [-0.2, -0.15) is 0 Å². The van der Waals surface area contributed by atoms with Gasteiger partial charge >= 0.3 is 12.0 Å². The fraction of sp³-hybridized carbons (Fsp3) is 0.615. The number of aliphatic carboxylic acids is 1. The summed E-state index contributed by atoms with van der Waals surface area (Å²) >= 11 is 0. The van der Waals surface area contributed by atoms with Crippen LogP contribution in [-0.4, -0.2) is 41.8 Å². The second-order valence-corrected chi connectivity index (χ2v) is 4.43. The van der Waals surface area contributed by atoms with E-state index in [1.54, 1.807) is 6.20 Å². The van der Waals surface area contributed by atoms with E-state index in [1.807, 2.05) is 6.92 Å².